The molecule has 2 aliphatic rings. The van der Waals surface area contributed by atoms with E-state index in [-0.39, 0.29) is 5.82 Å². The second-order valence-electron chi connectivity index (χ2n) is 5.45. The third-order valence-corrected chi connectivity index (χ3v) is 3.84. The molecule has 3 heteroatoms. The summed E-state index contributed by atoms with van der Waals surface area (Å²) in [5, 5.41) is 3.49. The van der Waals surface area contributed by atoms with Gasteiger partial charge in [-0.2, -0.15) is 0 Å². The molecule has 0 aromatic heterocycles. The highest BCUT2D eigenvalue weighted by atomic mass is 19.1. The van der Waals surface area contributed by atoms with Gasteiger partial charge < -0.3 is 10.2 Å². The number of hydrogen-bond donors (Lipinski definition) is 1. The normalized spacial score (nSPS) is 19.0. The fraction of sp³-hybridized carbons (Fsp3) is 0.600. The first kappa shape index (κ1) is 12.0. The molecule has 0 heterocycles. The van der Waals surface area contributed by atoms with Gasteiger partial charge in [0.15, 0.2) is 0 Å². The summed E-state index contributed by atoms with van der Waals surface area (Å²) in [5.41, 5.74) is 2.32. The van der Waals surface area contributed by atoms with Crippen LogP contribution < -0.4 is 10.2 Å². The Labute approximate surface area is 108 Å². The molecule has 0 atom stereocenters. The highest BCUT2D eigenvalue weighted by Crippen LogP contribution is 2.34. The summed E-state index contributed by atoms with van der Waals surface area (Å²) in [6.45, 7) is 3.98. The van der Waals surface area contributed by atoms with E-state index >= 15 is 0 Å². The molecule has 2 saturated carbocycles. The average Bonchev–Trinajstić information content (AvgIpc) is 3.24. The number of nitrogens with zero attached hydrogens (tertiary/aromatic N) is 1. The molecule has 1 N–H and O–H groups in total. The maximum Gasteiger partial charge on any atom is 0.123 e. The fourth-order valence-corrected chi connectivity index (χ4v) is 2.53. The topological polar surface area (TPSA) is 15.3 Å². The summed E-state index contributed by atoms with van der Waals surface area (Å²) in [6, 6.07) is 6.56. The van der Waals surface area contributed by atoms with Crippen molar-refractivity contribution in [3.05, 3.63) is 29.6 Å². The maximum atomic E-state index is 13.4. The first-order valence-electron chi connectivity index (χ1n) is 7.06. The van der Waals surface area contributed by atoms with Crippen molar-refractivity contribution in [1.29, 1.82) is 0 Å². The highest BCUT2D eigenvalue weighted by Gasteiger charge is 2.29. The van der Waals surface area contributed by atoms with Gasteiger partial charge in [0.2, 0.25) is 0 Å². The van der Waals surface area contributed by atoms with Crippen LogP contribution >= 0.6 is 0 Å². The van der Waals surface area contributed by atoms with E-state index in [0.717, 1.165) is 18.7 Å². The van der Waals surface area contributed by atoms with E-state index in [1.165, 1.54) is 31.4 Å². The lowest BCUT2D eigenvalue weighted by Crippen LogP contribution is -2.27. The van der Waals surface area contributed by atoms with Gasteiger partial charge in [-0.05, 0) is 56.4 Å². The molecule has 0 saturated heterocycles. The van der Waals surface area contributed by atoms with E-state index in [0.29, 0.717) is 12.1 Å². The second-order valence-corrected chi connectivity index (χ2v) is 5.45. The number of nitrogens with one attached hydrogen (secondary N) is 1. The lowest BCUT2D eigenvalue weighted by molar-refractivity contribution is 0.618. The zero-order valence-corrected chi connectivity index (χ0v) is 11.0. The first-order valence-corrected chi connectivity index (χ1v) is 7.06. The van der Waals surface area contributed by atoms with Gasteiger partial charge in [-0.1, -0.05) is 0 Å². The minimum absolute atomic E-state index is 0.127. The molecule has 1 aromatic rings. The minimum atomic E-state index is -0.127. The molecule has 3 rings (SSSR count). The molecule has 2 nitrogen and oxygen atoms in total. The number of rotatable bonds is 6. The van der Waals surface area contributed by atoms with Gasteiger partial charge in [-0.15, -0.1) is 0 Å². The Morgan fingerprint density at radius 2 is 2.06 bits per heavy atom. The molecule has 0 bridgehead atoms. The molecule has 0 unspecified atom stereocenters. The summed E-state index contributed by atoms with van der Waals surface area (Å²) < 4.78 is 13.4. The molecule has 2 aliphatic carbocycles. The SMILES string of the molecule is CCN(c1ccc(F)cc1CNC1CC1)C1CC1. The van der Waals surface area contributed by atoms with E-state index in [1.807, 2.05) is 6.07 Å². The van der Waals surface area contributed by atoms with E-state index in [2.05, 4.69) is 17.1 Å². The Morgan fingerprint density at radius 3 is 2.67 bits per heavy atom. The summed E-state index contributed by atoms with van der Waals surface area (Å²) in [4.78, 5) is 2.42. The highest BCUT2D eigenvalue weighted by molar-refractivity contribution is 5.55. The van der Waals surface area contributed by atoms with Crippen LogP contribution in [0.15, 0.2) is 18.2 Å². The van der Waals surface area contributed by atoms with Gasteiger partial charge in [-0.25, -0.2) is 4.39 Å². The molecular formula is C15H21FN2. The average molecular weight is 248 g/mol. The first-order chi connectivity index (χ1) is 8.78. The van der Waals surface area contributed by atoms with Crippen molar-refractivity contribution >= 4 is 5.69 Å². The molecule has 1 aromatic carbocycles. The van der Waals surface area contributed by atoms with Crippen LogP contribution in [0.3, 0.4) is 0 Å². The summed E-state index contributed by atoms with van der Waals surface area (Å²) >= 11 is 0. The van der Waals surface area contributed by atoms with Crippen LogP contribution in [0.25, 0.3) is 0 Å². The quantitative estimate of drug-likeness (QED) is 0.832. The van der Waals surface area contributed by atoms with Crippen LogP contribution in [-0.4, -0.2) is 18.6 Å². The summed E-state index contributed by atoms with van der Waals surface area (Å²) in [7, 11) is 0. The van der Waals surface area contributed by atoms with Gasteiger partial charge in [0.05, 0.1) is 0 Å². The summed E-state index contributed by atoms with van der Waals surface area (Å²) in [5.74, 6) is -0.127. The van der Waals surface area contributed by atoms with Gasteiger partial charge in [0.1, 0.15) is 5.82 Å². The second kappa shape index (κ2) is 4.88. The largest absolute Gasteiger partial charge is 0.369 e. The van der Waals surface area contributed by atoms with Gasteiger partial charge in [-0.3, -0.25) is 0 Å². The zero-order valence-electron chi connectivity index (χ0n) is 11.0. The third-order valence-electron chi connectivity index (χ3n) is 3.84. The van der Waals surface area contributed by atoms with Crippen molar-refractivity contribution in [2.24, 2.45) is 0 Å². The Kier molecular flexibility index (Phi) is 3.25. The van der Waals surface area contributed by atoms with Crippen molar-refractivity contribution in [3.63, 3.8) is 0 Å². The van der Waals surface area contributed by atoms with Crippen molar-refractivity contribution < 1.29 is 4.39 Å². The van der Waals surface area contributed by atoms with Gasteiger partial charge >= 0.3 is 0 Å². The molecule has 98 valence electrons. The van der Waals surface area contributed by atoms with Crippen molar-refractivity contribution in [3.8, 4) is 0 Å². The van der Waals surface area contributed by atoms with Crippen molar-refractivity contribution in [2.45, 2.75) is 51.2 Å². The third kappa shape index (κ3) is 2.66. The predicted octanol–water partition coefficient (Wildman–Crippen LogP) is 3.07. The number of hydrogen-bond acceptors (Lipinski definition) is 2. The van der Waals surface area contributed by atoms with E-state index in [9.17, 15) is 4.39 Å². The van der Waals surface area contributed by atoms with Gasteiger partial charge in [0.25, 0.3) is 0 Å². The van der Waals surface area contributed by atoms with Crippen LogP contribution in [0.1, 0.15) is 38.2 Å². The standard InChI is InChI=1S/C15H21FN2/c1-2-18(14-6-7-14)15-8-3-12(16)9-11(15)10-17-13-4-5-13/h3,8-9,13-14,17H,2,4-7,10H2,1H3. The van der Waals surface area contributed by atoms with Crippen molar-refractivity contribution in [1.82, 2.24) is 5.32 Å². The minimum Gasteiger partial charge on any atom is -0.369 e. The van der Waals surface area contributed by atoms with Crippen molar-refractivity contribution in [2.75, 3.05) is 11.4 Å². The van der Waals surface area contributed by atoms with E-state index < -0.39 is 0 Å². The van der Waals surface area contributed by atoms with Crippen LogP contribution in [0, 0.1) is 5.82 Å². The number of benzene rings is 1. The Bertz CT molecular complexity index is 425. The number of halogens is 1. The lowest BCUT2D eigenvalue weighted by atomic mass is 10.1. The molecule has 18 heavy (non-hydrogen) atoms. The van der Waals surface area contributed by atoms with Crippen LogP contribution in [0.4, 0.5) is 10.1 Å². The van der Waals surface area contributed by atoms with Gasteiger partial charge in [0, 0.05) is 30.9 Å². The molecule has 2 fully saturated rings. The fourth-order valence-electron chi connectivity index (χ4n) is 2.53. The molecule has 0 aliphatic heterocycles. The lowest BCUT2D eigenvalue weighted by Gasteiger charge is -2.26. The molecule has 0 radical (unpaired) electrons. The van der Waals surface area contributed by atoms with Crippen LogP contribution in [0.2, 0.25) is 0 Å². The van der Waals surface area contributed by atoms with Crippen LogP contribution in [-0.2, 0) is 6.54 Å². The Balaban J connectivity index is 1.80. The smallest absolute Gasteiger partial charge is 0.123 e. The zero-order chi connectivity index (χ0) is 12.5. The monoisotopic (exact) mass is 248 g/mol. The molecule has 0 spiro atoms. The number of anilines is 1. The Hall–Kier alpha value is -1.09. The van der Waals surface area contributed by atoms with E-state index in [1.54, 1.807) is 12.1 Å². The molecular weight excluding hydrogens is 227 g/mol. The predicted molar refractivity (Wildman–Crippen MR) is 72.3 cm³/mol. The van der Waals surface area contributed by atoms with E-state index in [4.69, 9.17) is 0 Å². The maximum absolute atomic E-state index is 13.4. The molecule has 0 amide bonds. The van der Waals surface area contributed by atoms with Crippen LogP contribution in [0.5, 0.6) is 0 Å². The summed E-state index contributed by atoms with van der Waals surface area (Å²) in [6.07, 6.45) is 5.09. The Morgan fingerprint density at radius 1 is 1.28 bits per heavy atom.